The number of nitrogens with two attached hydrogens (primary N) is 1. The van der Waals surface area contributed by atoms with Crippen molar-refractivity contribution in [3.05, 3.63) is 35.4 Å². The van der Waals surface area contributed by atoms with E-state index in [-0.39, 0.29) is 6.04 Å². The molecule has 2 aromatic heterocycles. The van der Waals surface area contributed by atoms with Crippen LogP contribution in [0.3, 0.4) is 0 Å². The van der Waals surface area contributed by atoms with Crippen LogP contribution < -0.4 is 5.73 Å². The monoisotopic (exact) mass is 219 g/mol. The highest BCUT2D eigenvalue weighted by atomic mass is 15.3. The van der Waals surface area contributed by atoms with Gasteiger partial charge in [-0.2, -0.15) is 10.2 Å². The van der Waals surface area contributed by atoms with Crippen molar-refractivity contribution in [1.82, 2.24) is 19.6 Å². The SMILES string of the molecule is Cc1c(C(N)Cc2ccn(C)n2)cnn1C. The normalized spacial score (nSPS) is 13.0. The molecular weight excluding hydrogens is 202 g/mol. The van der Waals surface area contributed by atoms with Crippen LogP contribution in [0.4, 0.5) is 0 Å². The second kappa shape index (κ2) is 4.09. The maximum absolute atomic E-state index is 6.15. The molecule has 0 aliphatic carbocycles. The third kappa shape index (κ3) is 1.99. The number of aromatic nitrogens is 4. The van der Waals surface area contributed by atoms with Gasteiger partial charge >= 0.3 is 0 Å². The van der Waals surface area contributed by atoms with E-state index in [0.717, 1.165) is 23.4 Å². The number of rotatable bonds is 3. The van der Waals surface area contributed by atoms with Crippen molar-refractivity contribution in [2.24, 2.45) is 19.8 Å². The summed E-state index contributed by atoms with van der Waals surface area (Å²) in [6.07, 6.45) is 4.51. The number of nitrogens with zero attached hydrogens (tertiary/aromatic N) is 4. The molecule has 16 heavy (non-hydrogen) atoms. The van der Waals surface area contributed by atoms with Crippen LogP contribution in [0.1, 0.15) is 23.0 Å². The van der Waals surface area contributed by atoms with E-state index in [4.69, 9.17) is 5.73 Å². The molecule has 0 radical (unpaired) electrons. The Morgan fingerprint density at radius 1 is 1.44 bits per heavy atom. The highest BCUT2D eigenvalue weighted by Gasteiger charge is 2.14. The summed E-state index contributed by atoms with van der Waals surface area (Å²) in [5.74, 6) is 0. The van der Waals surface area contributed by atoms with Gasteiger partial charge in [0.15, 0.2) is 0 Å². The molecule has 2 rings (SSSR count). The molecule has 2 heterocycles. The van der Waals surface area contributed by atoms with Crippen LogP contribution in [-0.2, 0) is 20.5 Å². The zero-order chi connectivity index (χ0) is 11.7. The summed E-state index contributed by atoms with van der Waals surface area (Å²) in [4.78, 5) is 0. The zero-order valence-corrected chi connectivity index (χ0v) is 9.88. The van der Waals surface area contributed by atoms with Gasteiger partial charge in [0.05, 0.1) is 11.9 Å². The molecule has 5 heteroatoms. The molecule has 0 fully saturated rings. The second-order valence-electron chi connectivity index (χ2n) is 4.10. The van der Waals surface area contributed by atoms with Gasteiger partial charge in [0.2, 0.25) is 0 Å². The van der Waals surface area contributed by atoms with Crippen molar-refractivity contribution in [3.8, 4) is 0 Å². The summed E-state index contributed by atoms with van der Waals surface area (Å²) in [6.45, 7) is 2.03. The molecular formula is C11H17N5. The van der Waals surface area contributed by atoms with Crippen molar-refractivity contribution in [3.63, 3.8) is 0 Å². The molecule has 1 unspecified atom stereocenters. The molecule has 0 spiro atoms. The molecule has 86 valence electrons. The molecule has 0 amide bonds. The van der Waals surface area contributed by atoms with Gasteiger partial charge in [0.1, 0.15) is 0 Å². The summed E-state index contributed by atoms with van der Waals surface area (Å²) in [5.41, 5.74) is 9.37. The van der Waals surface area contributed by atoms with Crippen LogP contribution in [0, 0.1) is 6.92 Å². The molecule has 0 saturated heterocycles. The fourth-order valence-corrected chi connectivity index (χ4v) is 1.79. The first-order valence-corrected chi connectivity index (χ1v) is 5.30. The highest BCUT2D eigenvalue weighted by Crippen LogP contribution is 2.17. The molecule has 2 N–H and O–H groups in total. The summed E-state index contributed by atoms with van der Waals surface area (Å²) < 4.78 is 3.63. The minimum Gasteiger partial charge on any atom is -0.324 e. The third-order valence-corrected chi connectivity index (χ3v) is 2.87. The van der Waals surface area contributed by atoms with Crippen LogP contribution in [0.25, 0.3) is 0 Å². The van der Waals surface area contributed by atoms with Crippen molar-refractivity contribution in [1.29, 1.82) is 0 Å². The molecule has 0 bridgehead atoms. The quantitative estimate of drug-likeness (QED) is 0.826. The van der Waals surface area contributed by atoms with Crippen LogP contribution >= 0.6 is 0 Å². The van der Waals surface area contributed by atoms with E-state index in [1.54, 1.807) is 4.68 Å². The standard InChI is InChI=1S/C11H17N5/c1-8-10(7-13-16(8)3)11(12)6-9-4-5-15(2)14-9/h4-5,7,11H,6,12H2,1-3H3. The molecule has 0 aromatic carbocycles. The Kier molecular flexibility index (Phi) is 2.78. The van der Waals surface area contributed by atoms with Crippen molar-refractivity contribution in [2.45, 2.75) is 19.4 Å². The van der Waals surface area contributed by atoms with Gasteiger partial charge in [-0.3, -0.25) is 9.36 Å². The highest BCUT2D eigenvalue weighted by molar-refractivity contribution is 5.21. The molecule has 0 saturated carbocycles. The summed E-state index contributed by atoms with van der Waals surface area (Å²) in [5, 5.41) is 8.52. The number of hydrogen-bond acceptors (Lipinski definition) is 3. The van der Waals surface area contributed by atoms with Gasteiger partial charge in [-0.05, 0) is 13.0 Å². The van der Waals surface area contributed by atoms with Crippen LogP contribution in [-0.4, -0.2) is 19.6 Å². The van der Waals surface area contributed by atoms with Gasteiger partial charge in [0, 0.05) is 44.0 Å². The van der Waals surface area contributed by atoms with E-state index in [2.05, 4.69) is 10.2 Å². The van der Waals surface area contributed by atoms with E-state index in [0.29, 0.717) is 0 Å². The van der Waals surface area contributed by atoms with E-state index in [1.165, 1.54) is 0 Å². The Morgan fingerprint density at radius 3 is 2.69 bits per heavy atom. The number of hydrogen-bond donors (Lipinski definition) is 1. The Labute approximate surface area is 94.9 Å². The lowest BCUT2D eigenvalue weighted by Crippen LogP contribution is -2.14. The van der Waals surface area contributed by atoms with Crippen molar-refractivity contribution < 1.29 is 0 Å². The predicted octanol–water partition coefficient (Wildman–Crippen LogP) is 0.705. The van der Waals surface area contributed by atoms with E-state index in [1.807, 2.05) is 44.2 Å². The summed E-state index contributed by atoms with van der Waals surface area (Å²) in [6, 6.07) is 1.95. The number of aryl methyl sites for hydroxylation is 2. The first kappa shape index (κ1) is 10.9. The molecule has 2 aromatic rings. The Balaban J connectivity index is 2.14. The van der Waals surface area contributed by atoms with E-state index in [9.17, 15) is 0 Å². The van der Waals surface area contributed by atoms with Gasteiger partial charge in [-0.25, -0.2) is 0 Å². The van der Waals surface area contributed by atoms with Gasteiger partial charge in [-0.15, -0.1) is 0 Å². The van der Waals surface area contributed by atoms with E-state index < -0.39 is 0 Å². The summed E-state index contributed by atoms with van der Waals surface area (Å²) in [7, 11) is 3.83. The van der Waals surface area contributed by atoms with Crippen molar-refractivity contribution in [2.75, 3.05) is 0 Å². The van der Waals surface area contributed by atoms with E-state index >= 15 is 0 Å². The second-order valence-corrected chi connectivity index (χ2v) is 4.10. The third-order valence-electron chi connectivity index (χ3n) is 2.87. The zero-order valence-electron chi connectivity index (χ0n) is 9.88. The summed E-state index contributed by atoms with van der Waals surface area (Å²) >= 11 is 0. The largest absolute Gasteiger partial charge is 0.324 e. The Bertz CT molecular complexity index is 482. The average Bonchev–Trinajstić information content (AvgIpc) is 2.76. The minimum absolute atomic E-state index is 0.0383. The fourth-order valence-electron chi connectivity index (χ4n) is 1.79. The van der Waals surface area contributed by atoms with Crippen LogP contribution in [0.5, 0.6) is 0 Å². The van der Waals surface area contributed by atoms with Crippen molar-refractivity contribution >= 4 is 0 Å². The molecule has 0 aliphatic rings. The van der Waals surface area contributed by atoms with Gasteiger partial charge in [-0.1, -0.05) is 0 Å². The fraction of sp³-hybridized carbons (Fsp3) is 0.455. The minimum atomic E-state index is -0.0383. The molecule has 0 aliphatic heterocycles. The lowest BCUT2D eigenvalue weighted by Gasteiger charge is -2.09. The predicted molar refractivity (Wildman–Crippen MR) is 61.8 cm³/mol. The topological polar surface area (TPSA) is 61.7 Å². The van der Waals surface area contributed by atoms with Crippen LogP contribution in [0.15, 0.2) is 18.5 Å². The Morgan fingerprint density at radius 2 is 2.19 bits per heavy atom. The molecule has 1 atom stereocenters. The Hall–Kier alpha value is -1.62. The maximum Gasteiger partial charge on any atom is 0.0643 e. The lowest BCUT2D eigenvalue weighted by atomic mass is 10.0. The first-order valence-electron chi connectivity index (χ1n) is 5.30. The van der Waals surface area contributed by atoms with Gasteiger partial charge in [0.25, 0.3) is 0 Å². The molecule has 5 nitrogen and oxygen atoms in total. The average molecular weight is 219 g/mol. The smallest absolute Gasteiger partial charge is 0.0643 e. The van der Waals surface area contributed by atoms with Gasteiger partial charge < -0.3 is 5.73 Å². The lowest BCUT2D eigenvalue weighted by molar-refractivity contribution is 0.667. The first-order chi connectivity index (χ1) is 7.58. The van der Waals surface area contributed by atoms with Crippen LogP contribution in [0.2, 0.25) is 0 Å². The maximum atomic E-state index is 6.15.